The molecule has 2 aromatic heterocycles. The molecule has 0 radical (unpaired) electrons. The number of fused-ring (bicyclic) bond motifs is 2. The van der Waals surface area contributed by atoms with Gasteiger partial charge in [-0.15, -0.1) is 0 Å². The van der Waals surface area contributed by atoms with E-state index in [0.29, 0.717) is 18.6 Å². The van der Waals surface area contributed by atoms with Crippen molar-refractivity contribution >= 4 is 57.3 Å². The van der Waals surface area contributed by atoms with Crippen LogP contribution in [0.25, 0.3) is 21.8 Å². The summed E-state index contributed by atoms with van der Waals surface area (Å²) in [6.07, 6.45) is 6.57. The van der Waals surface area contributed by atoms with Crippen molar-refractivity contribution in [3.8, 4) is 0 Å². The average Bonchev–Trinajstić information content (AvgIpc) is 3.65. The second kappa shape index (κ2) is 15.6. The molecule has 0 fully saturated rings. The van der Waals surface area contributed by atoms with Crippen molar-refractivity contribution in [2.24, 2.45) is 11.7 Å². The number of hydrogen-bond acceptors (Lipinski definition) is 6. The summed E-state index contributed by atoms with van der Waals surface area (Å²) in [5.74, 6) is -2.32. The summed E-state index contributed by atoms with van der Waals surface area (Å²) in [6.45, 7) is 3.81. The van der Waals surface area contributed by atoms with E-state index in [1.54, 1.807) is 12.4 Å². The monoisotopic (exact) mass is 634 g/mol. The second-order valence-corrected chi connectivity index (χ2v) is 12.3. The number of H-pyrrole nitrogens is 2. The SMILES string of the molecule is CCC(C)C(N)C(=O)NC(CCSC)C(=O)NC(Cc1c[nH]c2ccccc12)C(=O)NC(Cc1c[nH]c2ccccc12)C(=O)O. The summed E-state index contributed by atoms with van der Waals surface area (Å²) in [5.41, 5.74) is 9.39. The summed E-state index contributed by atoms with van der Waals surface area (Å²) in [7, 11) is 0. The fraction of sp³-hybridized carbons (Fsp3) is 0.394. The Labute approximate surface area is 266 Å². The number of aromatic amines is 2. The lowest BCUT2D eigenvalue weighted by atomic mass is 9.98. The largest absolute Gasteiger partial charge is 0.480 e. The van der Waals surface area contributed by atoms with E-state index in [1.807, 2.05) is 68.6 Å². The molecule has 0 aliphatic heterocycles. The third-order valence-electron chi connectivity index (χ3n) is 8.25. The van der Waals surface area contributed by atoms with Crippen LogP contribution in [0.4, 0.5) is 0 Å². The van der Waals surface area contributed by atoms with E-state index >= 15 is 0 Å². The number of nitrogens with one attached hydrogen (secondary N) is 5. The number of thioether (sulfide) groups is 1. The van der Waals surface area contributed by atoms with Gasteiger partial charge < -0.3 is 36.8 Å². The Morgan fingerprint density at radius 1 is 0.800 bits per heavy atom. The highest BCUT2D eigenvalue weighted by Gasteiger charge is 2.32. The van der Waals surface area contributed by atoms with Gasteiger partial charge in [0.05, 0.1) is 6.04 Å². The van der Waals surface area contributed by atoms with Gasteiger partial charge >= 0.3 is 5.97 Å². The minimum Gasteiger partial charge on any atom is -0.480 e. The van der Waals surface area contributed by atoms with Crippen molar-refractivity contribution < 1.29 is 24.3 Å². The Bertz CT molecular complexity index is 1630. The molecule has 4 rings (SSSR count). The molecule has 12 heteroatoms. The number of hydrogen-bond donors (Lipinski definition) is 7. The molecule has 3 amide bonds. The van der Waals surface area contributed by atoms with Crippen LogP contribution >= 0.6 is 11.8 Å². The molecule has 45 heavy (non-hydrogen) atoms. The summed E-state index contributed by atoms with van der Waals surface area (Å²) in [6, 6.07) is 11.0. The van der Waals surface area contributed by atoms with Crippen LogP contribution in [0.2, 0.25) is 0 Å². The highest BCUT2D eigenvalue weighted by molar-refractivity contribution is 7.98. The van der Waals surface area contributed by atoms with E-state index in [4.69, 9.17) is 5.73 Å². The number of para-hydroxylation sites is 2. The molecular formula is C33H42N6O5S. The van der Waals surface area contributed by atoms with Gasteiger partial charge in [-0.3, -0.25) is 14.4 Å². The highest BCUT2D eigenvalue weighted by atomic mass is 32.2. The van der Waals surface area contributed by atoms with Crippen molar-refractivity contribution in [3.05, 3.63) is 72.1 Å². The number of carbonyl (C=O) groups is 4. The van der Waals surface area contributed by atoms with E-state index in [2.05, 4.69) is 25.9 Å². The number of nitrogens with two attached hydrogens (primary N) is 1. The molecule has 0 spiro atoms. The molecule has 2 aromatic carbocycles. The first kappa shape index (κ1) is 33.6. The Morgan fingerprint density at radius 3 is 1.82 bits per heavy atom. The number of aliphatic carboxylic acids is 1. The fourth-order valence-electron chi connectivity index (χ4n) is 5.28. The van der Waals surface area contributed by atoms with Gasteiger partial charge in [-0.25, -0.2) is 4.79 Å². The van der Waals surface area contributed by atoms with Gasteiger partial charge in [-0.1, -0.05) is 56.7 Å². The Kier molecular flexibility index (Phi) is 11.7. The van der Waals surface area contributed by atoms with E-state index < -0.39 is 47.9 Å². The number of carbonyl (C=O) groups excluding carboxylic acids is 3. The van der Waals surface area contributed by atoms with Crippen molar-refractivity contribution in [2.45, 2.75) is 63.7 Å². The smallest absolute Gasteiger partial charge is 0.326 e. The quantitative estimate of drug-likeness (QED) is 0.0988. The van der Waals surface area contributed by atoms with Gasteiger partial charge in [-0.05, 0) is 47.6 Å². The molecule has 0 bridgehead atoms. The number of amides is 3. The fourth-order valence-corrected chi connectivity index (χ4v) is 5.75. The lowest BCUT2D eigenvalue weighted by molar-refractivity contribution is -0.142. The molecule has 0 saturated carbocycles. The molecule has 11 nitrogen and oxygen atoms in total. The standard InChI is InChI=1S/C33H42N6O5S/c1-4-19(2)29(34)32(42)37-26(13-14-45-3)30(40)38-27(15-20-17-35-24-11-7-5-9-22(20)24)31(41)39-28(33(43)44)16-21-18-36-25-12-8-6-10-23(21)25/h5-12,17-19,26-29,35-36H,4,13-16,34H2,1-3H3,(H,37,42)(H,38,40)(H,39,41)(H,43,44). The first-order valence-electron chi connectivity index (χ1n) is 15.1. The van der Waals surface area contributed by atoms with Crippen molar-refractivity contribution in [3.63, 3.8) is 0 Å². The van der Waals surface area contributed by atoms with Gasteiger partial charge in [0, 0.05) is 47.0 Å². The number of carboxylic acids is 1. The van der Waals surface area contributed by atoms with Crippen LogP contribution in [-0.4, -0.2) is 74.9 Å². The Morgan fingerprint density at radius 2 is 1.29 bits per heavy atom. The maximum atomic E-state index is 13.8. The summed E-state index contributed by atoms with van der Waals surface area (Å²) < 4.78 is 0. The lowest BCUT2D eigenvalue weighted by Gasteiger charge is -2.26. The summed E-state index contributed by atoms with van der Waals surface area (Å²) in [4.78, 5) is 59.1. The predicted octanol–water partition coefficient (Wildman–Crippen LogP) is 3.10. The zero-order valence-corrected chi connectivity index (χ0v) is 26.6. The third-order valence-corrected chi connectivity index (χ3v) is 8.89. The molecule has 0 aliphatic rings. The van der Waals surface area contributed by atoms with Gasteiger partial charge in [0.25, 0.3) is 0 Å². The van der Waals surface area contributed by atoms with Gasteiger partial charge in [0.15, 0.2) is 0 Å². The van der Waals surface area contributed by atoms with E-state index in [1.165, 1.54) is 11.8 Å². The first-order chi connectivity index (χ1) is 21.6. The van der Waals surface area contributed by atoms with Crippen LogP contribution in [-0.2, 0) is 32.0 Å². The highest BCUT2D eigenvalue weighted by Crippen LogP contribution is 2.21. The molecule has 5 unspecified atom stereocenters. The molecule has 2 heterocycles. The van der Waals surface area contributed by atoms with E-state index in [-0.39, 0.29) is 18.8 Å². The van der Waals surface area contributed by atoms with Crippen LogP contribution in [0.3, 0.4) is 0 Å². The minimum absolute atomic E-state index is 0.0404. The topological polar surface area (TPSA) is 182 Å². The number of rotatable bonds is 16. The maximum Gasteiger partial charge on any atom is 0.326 e. The zero-order valence-electron chi connectivity index (χ0n) is 25.8. The first-order valence-corrected chi connectivity index (χ1v) is 16.5. The van der Waals surface area contributed by atoms with Crippen LogP contribution in [0, 0.1) is 5.92 Å². The van der Waals surface area contributed by atoms with Gasteiger partial charge in [0.2, 0.25) is 17.7 Å². The van der Waals surface area contributed by atoms with Crippen LogP contribution in [0.5, 0.6) is 0 Å². The van der Waals surface area contributed by atoms with Crippen molar-refractivity contribution in [1.82, 2.24) is 25.9 Å². The molecule has 240 valence electrons. The molecule has 8 N–H and O–H groups in total. The minimum atomic E-state index is -1.25. The predicted molar refractivity (Wildman–Crippen MR) is 178 cm³/mol. The summed E-state index contributed by atoms with van der Waals surface area (Å²) >= 11 is 1.52. The molecular weight excluding hydrogens is 592 g/mol. The van der Waals surface area contributed by atoms with Crippen molar-refractivity contribution in [1.29, 1.82) is 0 Å². The molecule has 0 saturated heterocycles. The van der Waals surface area contributed by atoms with E-state index in [9.17, 15) is 24.3 Å². The Balaban J connectivity index is 1.58. The molecule has 5 atom stereocenters. The van der Waals surface area contributed by atoms with Gasteiger partial charge in [0.1, 0.15) is 18.1 Å². The molecule has 0 aliphatic carbocycles. The summed E-state index contributed by atoms with van der Waals surface area (Å²) in [5, 5.41) is 20.1. The number of aromatic nitrogens is 2. The molecule has 4 aromatic rings. The van der Waals surface area contributed by atoms with Crippen LogP contribution < -0.4 is 21.7 Å². The Hall–Kier alpha value is -4.29. The second-order valence-electron chi connectivity index (χ2n) is 11.3. The van der Waals surface area contributed by atoms with Crippen LogP contribution in [0.15, 0.2) is 60.9 Å². The maximum absolute atomic E-state index is 13.8. The normalized spacial score (nSPS) is 14.8. The van der Waals surface area contributed by atoms with Crippen LogP contribution in [0.1, 0.15) is 37.8 Å². The lowest BCUT2D eigenvalue weighted by Crippen LogP contribution is -2.58. The third kappa shape index (κ3) is 8.46. The number of benzene rings is 2. The number of carboxylic acid groups (broad SMARTS) is 1. The van der Waals surface area contributed by atoms with Gasteiger partial charge in [-0.2, -0.15) is 11.8 Å². The zero-order chi connectivity index (χ0) is 32.5. The van der Waals surface area contributed by atoms with E-state index in [0.717, 1.165) is 32.9 Å². The van der Waals surface area contributed by atoms with Crippen molar-refractivity contribution in [2.75, 3.05) is 12.0 Å². The average molecular weight is 635 g/mol.